The first kappa shape index (κ1) is 21.6. The molecule has 3 aromatic carbocycles. The molecule has 1 atom stereocenters. The number of nitrogens with zero attached hydrogens (tertiary/aromatic N) is 1. The van der Waals surface area contributed by atoms with Crippen LogP contribution in [0, 0.1) is 0 Å². The number of aliphatic hydroxyl groups excluding tert-OH is 1. The Morgan fingerprint density at radius 2 is 1.61 bits per heavy atom. The lowest BCUT2D eigenvalue weighted by atomic mass is 9.67. The smallest absolute Gasteiger partial charge is 0.119 e. The summed E-state index contributed by atoms with van der Waals surface area (Å²) in [5, 5.41) is 9.52. The van der Waals surface area contributed by atoms with Crippen LogP contribution in [0.2, 0.25) is 0 Å². The van der Waals surface area contributed by atoms with Gasteiger partial charge in [-0.1, -0.05) is 73.7 Å². The first-order valence-corrected chi connectivity index (χ1v) is 11.3. The molecule has 4 rings (SSSR count). The van der Waals surface area contributed by atoms with E-state index in [4.69, 9.17) is 4.74 Å². The average Bonchev–Trinajstić information content (AvgIpc) is 2.85. The van der Waals surface area contributed by atoms with Crippen molar-refractivity contribution in [2.24, 2.45) is 0 Å². The number of hydrogen-bond acceptors (Lipinski definition) is 3. The SMILES string of the molecule is COc1cccc(C2(c3ccc(C(C)CO)cc3)CCN(Cc3ccccc3)CC2)c1. The molecule has 1 heterocycles. The van der Waals surface area contributed by atoms with Crippen molar-refractivity contribution in [2.45, 2.75) is 37.6 Å². The van der Waals surface area contributed by atoms with Gasteiger partial charge in [-0.05, 0) is 60.3 Å². The molecular weight excluding hydrogens is 382 g/mol. The van der Waals surface area contributed by atoms with Crippen molar-refractivity contribution in [3.8, 4) is 5.75 Å². The summed E-state index contributed by atoms with van der Waals surface area (Å²) in [6.45, 7) is 5.35. The predicted molar refractivity (Wildman–Crippen MR) is 127 cm³/mol. The lowest BCUT2D eigenvalue weighted by Crippen LogP contribution is -2.43. The average molecular weight is 416 g/mol. The zero-order valence-corrected chi connectivity index (χ0v) is 18.6. The molecule has 0 spiro atoms. The Labute approximate surface area is 186 Å². The van der Waals surface area contributed by atoms with Crippen LogP contribution in [0.1, 0.15) is 47.9 Å². The van der Waals surface area contributed by atoms with Crippen LogP contribution in [0.3, 0.4) is 0 Å². The molecule has 0 aliphatic carbocycles. The van der Waals surface area contributed by atoms with Gasteiger partial charge >= 0.3 is 0 Å². The fourth-order valence-electron chi connectivity index (χ4n) is 4.84. The number of hydrogen-bond donors (Lipinski definition) is 1. The number of benzene rings is 3. The molecule has 0 radical (unpaired) electrons. The van der Waals surface area contributed by atoms with E-state index in [9.17, 15) is 5.11 Å². The van der Waals surface area contributed by atoms with E-state index >= 15 is 0 Å². The first-order valence-electron chi connectivity index (χ1n) is 11.3. The van der Waals surface area contributed by atoms with E-state index in [2.05, 4.69) is 84.6 Å². The molecule has 0 bridgehead atoms. The minimum absolute atomic E-state index is 0.0251. The number of likely N-dealkylation sites (tertiary alicyclic amines) is 1. The third-order valence-electron chi connectivity index (χ3n) is 6.89. The van der Waals surface area contributed by atoms with Gasteiger partial charge in [-0.15, -0.1) is 0 Å². The van der Waals surface area contributed by atoms with Gasteiger partial charge in [0, 0.05) is 24.5 Å². The molecule has 0 aromatic heterocycles. The van der Waals surface area contributed by atoms with Crippen LogP contribution < -0.4 is 4.74 Å². The third kappa shape index (κ3) is 4.68. The van der Waals surface area contributed by atoms with Crippen molar-refractivity contribution >= 4 is 0 Å². The van der Waals surface area contributed by atoms with Gasteiger partial charge in [0.05, 0.1) is 7.11 Å². The number of aliphatic hydroxyl groups is 1. The van der Waals surface area contributed by atoms with Crippen molar-refractivity contribution in [3.05, 3.63) is 101 Å². The zero-order valence-electron chi connectivity index (χ0n) is 18.6. The number of rotatable bonds is 7. The Morgan fingerprint density at radius 1 is 0.903 bits per heavy atom. The minimum atomic E-state index is -0.0251. The van der Waals surface area contributed by atoms with Crippen LogP contribution in [-0.2, 0) is 12.0 Å². The van der Waals surface area contributed by atoms with Crippen molar-refractivity contribution < 1.29 is 9.84 Å². The van der Waals surface area contributed by atoms with E-state index in [-0.39, 0.29) is 17.9 Å². The largest absolute Gasteiger partial charge is 0.497 e. The van der Waals surface area contributed by atoms with Gasteiger partial charge in [-0.2, -0.15) is 0 Å². The van der Waals surface area contributed by atoms with Gasteiger partial charge in [0.2, 0.25) is 0 Å². The van der Waals surface area contributed by atoms with E-state index in [1.807, 2.05) is 6.07 Å². The molecule has 162 valence electrons. The summed E-state index contributed by atoms with van der Waals surface area (Å²) in [6.07, 6.45) is 2.14. The molecule has 0 amide bonds. The Morgan fingerprint density at radius 3 is 2.26 bits per heavy atom. The van der Waals surface area contributed by atoms with Crippen molar-refractivity contribution in [3.63, 3.8) is 0 Å². The van der Waals surface area contributed by atoms with Gasteiger partial charge in [0.1, 0.15) is 5.75 Å². The maximum atomic E-state index is 9.52. The van der Waals surface area contributed by atoms with Crippen molar-refractivity contribution in [1.82, 2.24) is 4.90 Å². The molecular formula is C28H33NO2. The molecule has 1 fully saturated rings. The summed E-state index contributed by atoms with van der Waals surface area (Å²) in [7, 11) is 1.74. The second-order valence-electron chi connectivity index (χ2n) is 8.78. The minimum Gasteiger partial charge on any atom is -0.497 e. The van der Waals surface area contributed by atoms with E-state index in [0.717, 1.165) is 38.2 Å². The maximum absolute atomic E-state index is 9.52. The second-order valence-corrected chi connectivity index (χ2v) is 8.78. The lowest BCUT2D eigenvalue weighted by molar-refractivity contribution is 0.172. The monoisotopic (exact) mass is 415 g/mol. The van der Waals surface area contributed by atoms with E-state index < -0.39 is 0 Å². The molecule has 3 heteroatoms. The van der Waals surface area contributed by atoms with Gasteiger partial charge < -0.3 is 9.84 Å². The third-order valence-corrected chi connectivity index (χ3v) is 6.89. The summed E-state index contributed by atoms with van der Waals surface area (Å²) < 4.78 is 5.55. The Hall–Kier alpha value is -2.62. The highest BCUT2D eigenvalue weighted by atomic mass is 16.5. The summed E-state index contributed by atoms with van der Waals surface area (Å²) in [5.41, 5.74) is 5.22. The molecule has 1 aliphatic rings. The Kier molecular flexibility index (Phi) is 6.74. The summed E-state index contributed by atoms with van der Waals surface area (Å²) in [6, 6.07) is 28.2. The van der Waals surface area contributed by atoms with Gasteiger partial charge in [-0.3, -0.25) is 4.90 Å². The summed E-state index contributed by atoms with van der Waals surface area (Å²) >= 11 is 0. The van der Waals surface area contributed by atoms with E-state index in [1.165, 1.54) is 22.3 Å². The van der Waals surface area contributed by atoms with Crippen molar-refractivity contribution in [2.75, 3.05) is 26.8 Å². The summed E-state index contributed by atoms with van der Waals surface area (Å²) in [4.78, 5) is 2.57. The summed E-state index contributed by atoms with van der Waals surface area (Å²) in [5.74, 6) is 1.07. The van der Waals surface area contributed by atoms with Gasteiger partial charge in [0.25, 0.3) is 0 Å². The molecule has 1 N–H and O–H groups in total. The highest BCUT2D eigenvalue weighted by Crippen LogP contribution is 2.43. The van der Waals surface area contributed by atoms with Crippen molar-refractivity contribution in [1.29, 1.82) is 0 Å². The van der Waals surface area contributed by atoms with Crippen LogP contribution in [0.25, 0.3) is 0 Å². The van der Waals surface area contributed by atoms with Gasteiger partial charge in [0.15, 0.2) is 0 Å². The van der Waals surface area contributed by atoms with Crippen LogP contribution in [-0.4, -0.2) is 36.8 Å². The van der Waals surface area contributed by atoms with Gasteiger partial charge in [-0.25, -0.2) is 0 Å². The first-order chi connectivity index (χ1) is 15.1. The topological polar surface area (TPSA) is 32.7 Å². The normalized spacial score (nSPS) is 17.3. The molecule has 1 saturated heterocycles. The number of methoxy groups -OCH3 is 1. The van der Waals surface area contributed by atoms with E-state index in [1.54, 1.807) is 7.11 Å². The number of ether oxygens (including phenoxy) is 1. The maximum Gasteiger partial charge on any atom is 0.119 e. The van der Waals surface area contributed by atoms with Crippen LogP contribution in [0.5, 0.6) is 5.75 Å². The highest BCUT2D eigenvalue weighted by molar-refractivity contribution is 5.44. The molecule has 0 saturated carbocycles. The standard InChI is InChI=1S/C28H33NO2/c1-22(21-30)24-11-13-25(14-12-24)28(26-9-6-10-27(19-26)31-2)15-17-29(18-16-28)20-23-7-4-3-5-8-23/h3-14,19,22,30H,15-18,20-21H2,1-2H3. The highest BCUT2D eigenvalue weighted by Gasteiger charge is 2.38. The Balaban J connectivity index is 1.63. The quantitative estimate of drug-likeness (QED) is 0.563. The van der Waals surface area contributed by atoms with E-state index in [0.29, 0.717) is 0 Å². The predicted octanol–water partition coefficient (Wildman–Crippen LogP) is 5.37. The fraction of sp³-hybridized carbons (Fsp3) is 0.357. The van der Waals surface area contributed by atoms with Crippen LogP contribution in [0.15, 0.2) is 78.9 Å². The molecule has 3 nitrogen and oxygen atoms in total. The molecule has 1 unspecified atom stereocenters. The molecule has 31 heavy (non-hydrogen) atoms. The number of piperidine rings is 1. The zero-order chi connectivity index (χ0) is 21.7. The molecule has 1 aliphatic heterocycles. The Bertz CT molecular complexity index is 960. The van der Waals surface area contributed by atoms with Crippen LogP contribution >= 0.6 is 0 Å². The fourth-order valence-corrected chi connectivity index (χ4v) is 4.84. The second kappa shape index (κ2) is 9.67. The lowest BCUT2D eigenvalue weighted by Gasteiger charge is -2.43. The van der Waals surface area contributed by atoms with Crippen LogP contribution in [0.4, 0.5) is 0 Å². The molecule has 3 aromatic rings.